The van der Waals surface area contributed by atoms with Crippen LogP contribution in [0.1, 0.15) is 63.9 Å². The number of aromatic carboxylic acids is 2. The SMILES string of the molecule is COc1c(C)c(C(=O)c2ccc(N)c(C(=O)O)c2)n2cccc(OCCOCCOCCOCCOCCOCCOCCOc3c(C)c(C(=O)c4ccc(N)c(C(=O)O)c4)n4ccccc34)c12. The Hall–Kier alpha value is -7.00. The summed E-state index contributed by atoms with van der Waals surface area (Å²) < 4.78 is 54.8. The van der Waals surface area contributed by atoms with Crippen molar-refractivity contribution >= 4 is 45.9 Å². The summed E-state index contributed by atoms with van der Waals surface area (Å²) in [6, 6.07) is 17.4. The van der Waals surface area contributed by atoms with E-state index in [-0.39, 0.29) is 59.2 Å². The fraction of sp³-hybridized carbons (Fsp3) is 0.347. The lowest BCUT2D eigenvalue weighted by atomic mass is 10.0. The molecule has 0 bridgehead atoms. The van der Waals surface area contributed by atoms with Crippen LogP contribution in [0, 0.1) is 13.8 Å². The lowest BCUT2D eigenvalue weighted by Crippen LogP contribution is -2.15. The van der Waals surface area contributed by atoms with Gasteiger partial charge in [-0.2, -0.15) is 0 Å². The third kappa shape index (κ3) is 12.3. The molecule has 0 radical (unpaired) electrons. The largest absolute Gasteiger partial charge is 0.494 e. The van der Waals surface area contributed by atoms with Crippen molar-refractivity contribution in [1.82, 2.24) is 8.80 Å². The number of rotatable bonds is 30. The Bertz CT molecular complexity index is 2710. The van der Waals surface area contributed by atoms with Crippen molar-refractivity contribution in [2.45, 2.75) is 13.8 Å². The second kappa shape index (κ2) is 24.7. The molecular weight excluding hydrogens is 885 g/mol. The van der Waals surface area contributed by atoms with Crippen LogP contribution in [-0.2, 0) is 28.4 Å². The fourth-order valence-electron chi connectivity index (χ4n) is 7.43. The molecule has 0 fully saturated rings. The van der Waals surface area contributed by atoms with Gasteiger partial charge in [0.15, 0.2) is 5.75 Å². The molecule has 0 aliphatic rings. The predicted molar refractivity (Wildman–Crippen MR) is 249 cm³/mol. The minimum absolute atomic E-state index is 0.0641. The van der Waals surface area contributed by atoms with Crippen molar-refractivity contribution in [1.29, 1.82) is 0 Å². The first-order valence-electron chi connectivity index (χ1n) is 21.8. The lowest BCUT2D eigenvalue weighted by Gasteiger charge is -2.11. The highest BCUT2D eigenvalue weighted by Crippen LogP contribution is 2.38. The number of pyridine rings is 2. The molecule has 6 aromatic rings. The van der Waals surface area contributed by atoms with E-state index in [0.29, 0.717) is 123 Å². The van der Waals surface area contributed by atoms with E-state index in [1.54, 1.807) is 53.2 Å². The average Bonchev–Trinajstić information content (AvgIpc) is 3.78. The van der Waals surface area contributed by atoms with Gasteiger partial charge in [-0.25, -0.2) is 9.59 Å². The number of hydrogen-bond donors (Lipinski definition) is 4. The molecule has 0 saturated heterocycles. The Labute approximate surface area is 391 Å². The Kier molecular flexibility index (Phi) is 18.3. The third-order valence-corrected chi connectivity index (χ3v) is 10.7. The first kappa shape index (κ1) is 50.4. The molecular formula is C49H56N4O15. The monoisotopic (exact) mass is 940 g/mol. The molecule has 68 heavy (non-hydrogen) atoms. The van der Waals surface area contributed by atoms with Crippen molar-refractivity contribution in [3.63, 3.8) is 0 Å². The number of carboxylic acids is 2. The number of benzene rings is 2. The van der Waals surface area contributed by atoms with Crippen LogP contribution < -0.4 is 25.7 Å². The maximum absolute atomic E-state index is 13.6. The molecule has 362 valence electrons. The summed E-state index contributed by atoms with van der Waals surface area (Å²) in [7, 11) is 1.51. The number of fused-ring (bicyclic) bond motifs is 2. The number of carboxylic acid groups (broad SMARTS) is 2. The summed E-state index contributed by atoms with van der Waals surface area (Å²) in [5.74, 6) is -1.71. The van der Waals surface area contributed by atoms with Gasteiger partial charge in [-0.15, -0.1) is 0 Å². The number of nitrogens with zero attached hydrogens (tertiary/aromatic N) is 2. The Morgan fingerprint density at radius 3 is 1.41 bits per heavy atom. The minimum atomic E-state index is -1.22. The first-order chi connectivity index (χ1) is 32.9. The number of carbonyl (C=O) groups is 4. The van der Waals surface area contributed by atoms with Crippen molar-refractivity contribution in [3.8, 4) is 17.2 Å². The number of ether oxygens (including phenoxy) is 9. The summed E-state index contributed by atoms with van der Waals surface area (Å²) >= 11 is 0. The van der Waals surface area contributed by atoms with Crippen LogP contribution in [0.4, 0.5) is 11.4 Å². The molecule has 0 aliphatic heterocycles. The summed E-state index contributed by atoms with van der Waals surface area (Å²) in [4.78, 5) is 50.4. The highest BCUT2D eigenvalue weighted by Gasteiger charge is 2.27. The normalized spacial score (nSPS) is 11.3. The molecule has 4 aromatic heterocycles. The number of hydrogen-bond acceptors (Lipinski definition) is 15. The van der Waals surface area contributed by atoms with Gasteiger partial charge in [0.2, 0.25) is 11.6 Å². The molecule has 19 nitrogen and oxygen atoms in total. The van der Waals surface area contributed by atoms with E-state index in [9.17, 15) is 29.4 Å². The quantitative estimate of drug-likeness (QED) is 0.0251. The molecule has 19 heteroatoms. The smallest absolute Gasteiger partial charge is 0.337 e. The number of nitrogen functional groups attached to an aromatic ring is 2. The number of methoxy groups -OCH3 is 1. The van der Waals surface area contributed by atoms with Crippen LogP contribution in [-0.4, -0.2) is 142 Å². The van der Waals surface area contributed by atoms with Crippen molar-refractivity contribution in [2.24, 2.45) is 0 Å². The number of carbonyl (C=O) groups excluding carboxylic acids is 2. The summed E-state index contributed by atoms with van der Waals surface area (Å²) in [5.41, 5.74) is 14.9. The van der Waals surface area contributed by atoms with E-state index in [0.717, 1.165) is 0 Å². The van der Waals surface area contributed by atoms with Crippen molar-refractivity contribution < 1.29 is 72.0 Å². The Morgan fingerprint density at radius 1 is 0.515 bits per heavy atom. The number of aromatic nitrogens is 2. The number of nitrogens with two attached hydrogens (primary N) is 2. The van der Waals surface area contributed by atoms with Crippen molar-refractivity contribution in [3.05, 3.63) is 124 Å². The molecule has 2 aromatic carbocycles. The topological polar surface area (TPSA) is 253 Å². The minimum Gasteiger partial charge on any atom is -0.494 e. The maximum atomic E-state index is 13.6. The van der Waals surface area contributed by atoms with E-state index in [1.807, 2.05) is 12.1 Å². The van der Waals surface area contributed by atoms with Gasteiger partial charge in [0.25, 0.3) is 0 Å². The van der Waals surface area contributed by atoms with Gasteiger partial charge in [-0.05, 0) is 74.5 Å². The standard InChI is InChI=1S/C49H56N4O15/c1-31-41(44(54)33-9-11-37(50)35(29-33)48(56)57)52-13-5-4-7-39(52)46(31)68-28-26-66-24-22-64-20-18-62-16-15-61-17-19-63-21-23-65-25-27-67-40-8-6-14-53-42(32(2)47(60-3)43(40)53)45(55)34-10-12-38(51)36(30-34)49(58)59/h4-14,29-30H,15-28,50-51H2,1-3H3,(H,56,57)(H,58,59). The van der Waals surface area contributed by atoms with Crippen LogP contribution in [0.25, 0.3) is 11.0 Å². The zero-order chi connectivity index (χ0) is 48.6. The molecule has 0 unspecified atom stereocenters. The van der Waals surface area contributed by atoms with Crippen LogP contribution in [0.2, 0.25) is 0 Å². The van der Waals surface area contributed by atoms with Crippen LogP contribution in [0.5, 0.6) is 17.2 Å². The first-order valence-corrected chi connectivity index (χ1v) is 21.8. The van der Waals surface area contributed by atoms with Gasteiger partial charge >= 0.3 is 11.9 Å². The van der Waals surface area contributed by atoms with Gasteiger partial charge in [-0.1, -0.05) is 6.07 Å². The van der Waals surface area contributed by atoms with E-state index < -0.39 is 17.7 Å². The number of anilines is 2. The van der Waals surface area contributed by atoms with Gasteiger partial charge in [0.1, 0.15) is 41.6 Å². The molecule has 0 atom stereocenters. The molecule has 0 spiro atoms. The van der Waals surface area contributed by atoms with Crippen LogP contribution in [0.15, 0.2) is 79.1 Å². The highest BCUT2D eigenvalue weighted by atomic mass is 16.6. The molecule has 4 heterocycles. The molecule has 6 rings (SSSR count). The van der Waals surface area contributed by atoms with E-state index in [1.165, 1.54) is 43.5 Å². The average molecular weight is 941 g/mol. The van der Waals surface area contributed by atoms with Crippen molar-refractivity contribution in [2.75, 3.05) is 111 Å². The molecule has 0 saturated carbocycles. The third-order valence-electron chi connectivity index (χ3n) is 10.7. The van der Waals surface area contributed by atoms with Crippen LogP contribution in [0.3, 0.4) is 0 Å². The van der Waals surface area contributed by atoms with E-state index in [2.05, 4.69) is 0 Å². The summed E-state index contributed by atoms with van der Waals surface area (Å²) in [6.07, 6.45) is 3.47. The highest BCUT2D eigenvalue weighted by molar-refractivity contribution is 6.13. The molecule has 0 amide bonds. The molecule has 6 N–H and O–H groups in total. The zero-order valence-electron chi connectivity index (χ0n) is 38.2. The summed E-state index contributed by atoms with van der Waals surface area (Å²) in [5, 5.41) is 19.0. The zero-order valence-corrected chi connectivity index (χ0v) is 38.2. The van der Waals surface area contributed by atoms with Gasteiger partial charge in [-0.3, -0.25) is 9.59 Å². The summed E-state index contributed by atoms with van der Waals surface area (Å²) in [6.45, 7) is 8.42. The van der Waals surface area contributed by atoms with Gasteiger partial charge < -0.3 is 73.1 Å². The number of ketones is 2. The van der Waals surface area contributed by atoms with Gasteiger partial charge in [0.05, 0.1) is 103 Å². The maximum Gasteiger partial charge on any atom is 0.337 e. The molecule has 0 aliphatic carbocycles. The predicted octanol–water partition coefficient (Wildman–Crippen LogP) is 5.40. The second-order valence-corrected chi connectivity index (χ2v) is 15.1. The Balaban J connectivity index is 0.775. The fourth-order valence-corrected chi connectivity index (χ4v) is 7.43. The Morgan fingerprint density at radius 2 is 0.941 bits per heavy atom. The van der Waals surface area contributed by atoms with Gasteiger partial charge in [0, 0.05) is 46.0 Å². The second-order valence-electron chi connectivity index (χ2n) is 15.1. The van der Waals surface area contributed by atoms with E-state index >= 15 is 0 Å². The van der Waals surface area contributed by atoms with Crippen LogP contribution >= 0.6 is 0 Å². The van der Waals surface area contributed by atoms with E-state index in [4.69, 9.17) is 54.1 Å². The lowest BCUT2D eigenvalue weighted by molar-refractivity contribution is -0.0187.